The highest BCUT2D eigenvalue weighted by atomic mass is 16.5. The van der Waals surface area contributed by atoms with Crippen LogP contribution in [0.25, 0.3) is 28.2 Å². The molecule has 6 nitrogen and oxygen atoms in total. The van der Waals surface area contributed by atoms with Crippen molar-refractivity contribution in [2.45, 2.75) is 6.92 Å². The minimum atomic E-state index is -0.109. The van der Waals surface area contributed by atoms with E-state index >= 15 is 0 Å². The van der Waals surface area contributed by atoms with Gasteiger partial charge in [-0.3, -0.25) is 14.2 Å². The van der Waals surface area contributed by atoms with Crippen molar-refractivity contribution in [3.8, 4) is 34.0 Å². The van der Waals surface area contributed by atoms with Crippen molar-refractivity contribution < 1.29 is 9.53 Å². The summed E-state index contributed by atoms with van der Waals surface area (Å²) in [5.74, 6) is 1.46. The third kappa shape index (κ3) is 4.06. The summed E-state index contributed by atoms with van der Waals surface area (Å²) in [6.45, 7) is 1.49. The molecule has 156 valence electrons. The second kappa shape index (κ2) is 8.35. The van der Waals surface area contributed by atoms with Crippen LogP contribution < -0.4 is 10.1 Å². The Labute approximate surface area is 185 Å². The van der Waals surface area contributed by atoms with Crippen LogP contribution in [0.15, 0.2) is 97.5 Å². The number of carbonyl (C=O) groups is 1. The number of amides is 1. The van der Waals surface area contributed by atoms with E-state index in [9.17, 15) is 4.79 Å². The number of nitrogens with zero attached hydrogens (tertiary/aromatic N) is 3. The molecule has 0 spiro atoms. The lowest BCUT2D eigenvalue weighted by Gasteiger charge is -2.08. The molecular weight excluding hydrogens is 400 g/mol. The van der Waals surface area contributed by atoms with E-state index in [0.29, 0.717) is 0 Å². The van der Waals surface area contributed by atoms with E-state index in [1.54, 1.807) is 6.20 Å². The van der Waals surface area contributed by atoms with Crippen LogP contribution in [0.4, 0.5) is 5.69 Å². The predicted octanol–water partition coefficient (Wildman–Crippen LogP) is 5.81. The Morgan fingerprint density at radius 1 is 0.844 bits per heavy atom. The molecule has 0 saturated heterocycles. The van der Waals surface area contributed by atoms with Gasteiger partial charge in [0.2, 0.25) is 5.91 Å². The first-order valence-corrected chi connectivity index (χ1v) is 10.2. The van der Waals surface area contributed by atoms with Gasteiger partial charge < -0.3 is 10.1 Å². The average molecular weight is 420 g/mol. The summed E-state index contributed by atoms with van der Waals surface area (Å²) in [6, 6.07) is 25.2. The van der Waals surface area contributed by atoms with Gasteiger partial charge in [-0.1, -0.05) is 30.3 Å². The van der Waals surface area contributed by atoms with Crippen molar-refractivity contribution >= 4 is 17.2 Å². The van der Waals surface area contributed by atoms with Crippen LogP contribution in [0.2, 0.25) is 0 Å². The van der Waals surface area contributed by atoms with Gasteiger partial charge in [0.1, 0.15) is 11.5 Å². The number of carbonyl (C=O) groups excluding carboxylic acids is 1. The van der Waals surface area contributed by atoms with Gasteiger partial charge in [0.15, 0.2) is 5.65 Å². The highest BCUT2D eigenvalue weighted by Gasteiger charge is 2.10. The Bertz CT molecular complexity index is 1390. The third-order valence-electron chi connectivity index (χ3n) is 5.00. The van der Waals surface area contributed by atoms with Crippen molar-refractivity contribution in [2.75, 3.05) is 5.32 Å². The summed E-state index contributed by atoms with van der Waals surface area (Å²) in [4.78, 5) is 20.4. The number of rotatable bonds is 5. The van der Waals surface area contributed by atoms with Gasteiger partial charge in [0.05, 0.1) is 23.8 Å². The van der Waals surface area contributed by atoms with Crippen LogP contribution in [0, 0.1) is 0 Å². The number of anilines is 1. The highest BCUT2D eigenvalue weighted by Crippen LogP contribution is 2.28. The summed E-state index contributed by atoms with van der Waals surface area (Å²) in [5, 5.41) is 2.81. The quantitative estimate of drug-likeness (QED) is 0.389. The number of ether oxygens (including phenoxy) is 1. The summed E-state index contributed by atoms with van der Waals surface area (Å²) in [7, 11) is 0. The monoisotopic (exact) mass is 420 g/mol. The lowest BCUT2D eigenvalue weighted by Crippen LogP contribution is -2.05. The van der Waals surface area contributed by atoms with Crippen molar-refractivity contribution in [1.82, 2.24) is 14.4 Å². The Balaban J connectivity index is 1.46. The van der Waals surface area contributed by atoms with Gasteiger partial charge in [-0.15, -0.1) is 0 Å². The first kappa shape index (κ1) is 19.5. The van der Waals surface area contributed by atoms with Gasteiger partial charge in [-0.05, 0) is 48.5 Å². The SMILES string of the molecule is CC(=O)Nc1cccc(-c2cn3c(-c4ccc(Oc5ccccc5)cc4)cnc3cn2)c1. The van der Waals surface area contributed by atoms with E-state index in [1.165, 1.54) is 6.92 Å². The fraction of sp³-hybridized carbons (Fsp3) is 0.0385. The average Bonchev–Trinajstić information content (AvgIpc) is 3.23. The zero-order valence-electron chi connectivity index (χ0n) is 17.4. The summed E-state index contributed by atoms with van der Waals surface area (Å²) in [6.07, 6.45) is 5.54. The predicted molar refractivity (Wildman–Crippen MR) is 125 cm³/mol. The van der Waals surface area contributed by atoms with Crippen LogP contribution >= 0.6 is 0 Å². The molecule has 32 heavy (non-hydrogen) atoms. The Morgan fingerprint density at radius 3 is 2.41 bits per heavy atom. The Kier molecular flexibility index (Phi) is 5.09. The highest BCUT2D eigenvalue weighted by molar-refractivity contribution is 5.89. The molecule has 0 radical (unpaired) electrons. The first-order valence-electron chi connectivity index (χ1n) is 10.2. The Hall–Kier alpha value is -4.45. The molecule has 0 unspecified atom stereocenters. The third-order valence-corrected chi connectivity index (χ3v) is 5.00. The molecule has 0 atom stereocenters. The second-order valence-electron chi connectivity index (χ2n) is 7.35. The molecule has 2 aromatic heterocycles. The molecule has 1 amide bonds. The Morgan fingerprint density at radius 2 is 1.62 bits per heavy atom. The van der Waals surface area contributed by atoms with Gasteiger partial charge in [-0.2, -0.15) is 0 Å². The molecule has 0 aliphatic carbocycles. The number of fused-ring (bicyclic) bond motifs is 1. The first-order chi connectivity index (χ1) is 15.7. The van der Waals surface area contributed by atoms with E-state index in [4.69, 9.17) is 4.74 Å². The number of aromatic nitrogens is 3. The minimum absolute atomic E-state index is 0.109. The number of hydrogen-bond acceptors (Lipinski definition) is 4. The largest absolute Gasteiger partial charge is 0.457 e. The fourth-order valence-corrected chi connectivity index (χ4v) is 3.53. The van der Waals surface area contributed by atoms with Crippen molar-refractivity contribution in [1.29, 1.82) is 0 Å². The van der Waals surface area contributed by atoms with E-state index < -0.39 is 0 Å². The van der Waals surface area contributed by atoms with Crippen molar-refractivity contribution in [3.63, 3.8) is 0 Å². The summed E-state index contributed by atoms with van der Waals surface area (Å²) in [5.41, 5.74) is 5.15. The van der Waals surface area contributed by atoms with Gasteiger partial charge >= 0.3 is 0 Å². The van der Waals surface area contributed by atoms with Crippen molar-refractivity contribution in [3.05, 3.63) is 97.5 Å². The number of hydrogen-bond donors (Lipinski definition) is 1. The molecule has 0 aliphatic heterocycles. The van der Waals surface area contributed by atoms with Crippen LogP contribution in [-0.2, 0) is 4.79 Å². The number of nitrogens with one attached hydrogen (secondary N) is 1. The molecular formula is C26H20N4O2. The smallest absolute Gasteiger partial charge is 0.221 e. The number of para-hydroxylation sites is 1. The van der Waals surface area contributed by atoms with E-state index in [2.05, 4.69) is 15.3 Å². The summed E-state index contributed by atoms with van der Waals surface area (Å²) >= 11 is 0. The van der Waals surface area contributed by atoms with Gasteiger partial charge in [0.25, 0.3) is 0 Å². The zero-order valence-corrected chi connectivity index (χ0v) is 17.4. The van der Waals surface area contributed by atoms with Crippen LogP contribution in [0.5, 0.6) is 11.5 Å². The minimum Gasteiger partial charge on any atom is -0.457 e. The number of benzene rings is 3. The molecule has 5 aromatic rings. The van der Waals surface area contributed by atoms with E-state index in [-0.39, 0.29) is 5.91 Å². The lowest BCUT2D eigenvalue weighted by molar-refractivity contribution is -0.114. The molecule has 1 N–H and O–H groups in total. The maximum atomic E-state index is 11.4. The second-order valence-corrected chi connectivity index (χ2v) is 7.35. The molecule has 6 heteroatoms. The molecule has 0 saturated carbocycles. The van der Waals surface area contributed by atoms with Crippen LogP contribution in [0.3, 0.4) is 0 Å². The lowest BCUT2D eigenvalue weighted by atomic mass is 10.1. The standard InChI is InChI=1S/C26H20N4O2/c1-18(31)29-21-7-5-6-20(14-21)24-17-30-25(15-28-26(30)16-27-24)19-10-12-23(13-11-19)32-22-8-3-2-4-9-22/h2-17H,1H3,(H,29,31). The molecule has 0 aliphatic rings. The summed E-state index contributed by atoms with van der Waals surface area (Å²) < 4.78 is 7.91. The fourth-order valence-electron chi connectivity index (χ4n) is 3.53. The van der Waals surface area contributed by atoms with E-state index in [1.807, 2.05) is 95.7 Å². The molecule has 5 rings (SSSR count). The molecule has 2 heterocycles. The molecule has 0 bridgehead atoms. The van der Waals surface area contributed by atoms with Crippen molar-refractivity contribution in [2.24, 2.45) is 0 Å². The maximum absolute atomic E-state index is 11.4. The topological polar surface area (TPSA) is 68.5 Å². The van der Waals surface area contributed by atoms with Gasteiger partial charge in [-0.25, -0.2) is 4.98 Å². The van der Waals surface area contributed by atoms with E-state index in [0.717, 1.165) is 45.3 Å². The van der Waals surface area contributed by atoms with Gasteiger partial charge in [0, 0.05) is 29.9 Å². The maximum Gasteiger partial charge on any atom is 0.221 e. The molecule has 0 fully saturated rings. The normalized spacial score (nSPS) is 10.8. The van der Waals surface area contributed by atoms with Crippen LogP contribution in [-0.4, -0.2) is 20.3 Å². The zero-order chi connectivity index (χ0) is 21.9. The molecule has 3 aromatic carbocycles. The number of imidazole rings is 1. The van der Waals surface area contributed by atoms with Crippen LogP contribution in [0.1, 0.15) is 6.92 Å².